The third kappa shape index (κ3) is 9.63. The van der Waals surface area contributed by atoms with Crippen LogP contribution in [0.15, 0.2) is 0 Å². The summed E-state index contributed by atoms with van der Waals surface area (Å²) >= 11 is 0. The second kappa shape index (κ2) is 15.7. The zero-order chi connectivity index (χ0) is 0. The van der Waals surface area contributed by atoms with Gasteiger partial charge in [-0.15, -0.1) is 0 Å². The van der Waals surface area contributed by atoms with Gasteiger partial charge in [-0.2, -0.15) is 0 Å². The molecule has 0 N–H and O–H groups in total. The third-order valence-electron chi connectivity index (χ3n) is 0. The average molecular weight is 286 g/mol. The summed E-state index contributed by atoms with van der Waals surface area (Å²) in [7, 11) is 0. The van der Waals surface area contributed by atoms with Crippen LogP contribution in [0.2, 0.25) is 0 Å². The second-order valence-corrected chi connectivity index (χ2v) is 0. The summed E-state index contributed by atoms with van der Waals surface area (Å²) in [6.45, 7) is 0. The summed E-state index contributed by atoms with van der Waals surface area (Å²) in [6, 6.07) is 0. The molecule has 16 valence electrons. The normalized spacial score (nSPS) is 0. The van der Waals surface area contributed by atoms with E-state index in [0.29, 0.717) is 0 Å². The number of hydrogen-bond acceptors (Lipinski definition) is 0. The van der Waals surface area contributed by atoms with Crippen molar-refractivity contribution < 1.29 is 146 Å². The van der Waals surface area contributed by atoms with Crippen LogP contribution >= 0.6 is 0 Å². The minimum absolute atomic E-state index is 0. The predicted octanol–water partition coefficient (Wildman–Crippen LogP) is -12.0. The van der Waals surface area contributed by atoms with Crippen molar-refractivity contribution in [1.82, 2.24) is 0 Å². The van der Waals surface area contributed by atoms with Gasteiger partial charge in [0.05, 0.1) is 0 Å². The topological polar surface area (TPSA) is 0 Å². The van der Waals surface area contributed by atoms with Crippen LogP contribution in [-0.4, -0.2) is 0 Å². The second-order valence-electron chi connectivity index (χ2n) is 0. The molecule has 0 aliphatic heterocycles. The Balaban J connectivity index is 0. The van der Waals surface area contributed by atoms with Crippen molar-refractivity contribution in [2.45, 2.75) is 0 Å². The standard InChI is InChI=1S/BrH.ClH.2Rb/h2*1H;;/q;;2*+1/p-2. The van der Waals surface area contributed by atoms with E-state index >= 15 is 0 Å². The zero-order valence-corrected chi connectivity index (χ0v) is 14.9. The van der Waals surface area contributed by atoms with Gasteiger partial charge in [0, 0.05) is 0 Å². The fourth-order valence-electron chi connectivity index (χ4n) is 0. The van der Waals surface area contributed by atoms with Crippen LogP contribution in [0.25, 0.3) is 0 Å². The van der Waals surface area contributed by atoms with E-state index in [2.05, 4.69) is 0 Å². The van der Waals surface area contributed by atoms with Crippen LogP contribution in [0.4, 0.5) is 0 Å². The molecule has 0 aliphatic rings. The van der Waals surface area contributed by atoms with E-state index in [1.807, 2.05) is 0 Å². The van der Waals surface area contributed by atoms with Gasteiger partial charge in [-0.3, -0.25) is 0 Å². The van der Waals surface area contributed by atoms with Crippen molar-refractivity contribution in [3.63, 3.8) is 0 Å². The Morgan fingerprint density at radius 1 is 0.750 bits per heavy atom. The SMILES string of the molecule is [Br-].[Cl-].[Rb+].[Rb+]. The molecular formula is BrClRb2. The minimum Gasteiger partial charge on any atom is -1.00 e. The summed E-state index contributed by atoms with van der Waals surface area (Å²) in [6.07, 6.45) is 0. The molecule has 0 nitrogen and oxygen atoms in total. The van der Waals surface area contributed by atoms with Gasteiger partial charge >= 0.3 is 116 Å². The van der Waals surface area contributed by atoms with Gasteiger partial charge in [-0.25, -0.2) is 0 Å². The van der Waals surface area contributed by atoms with E-state index in [0.717, 1.165) is 0 Å². The van der Waals surface area contributed by atoms with Gasteiger partial charge in [-0.1, -0.05) is 0 Å². The smallest absolute Gasteiger partial charge is 1.00 e. The van der Waals surface area contributed by atoms with Gasteiger partial charge in [0.2, 0.25) is 0 Å². The predicted molar refractivity (Wildman–Crippen MR) is 0 cm³/mol. The molecule has 0 heterocycles. The molecule has 0 unspecified atom stereocenters. The zero-order valence-electron chi connectivity index (χ0n) is 2.76. The number of halogens is 2. The van der Waals surface area contributed by atoms with Crippen LogP contribution in [0.3, 0.4) is 0 Å². The van der Waals surface area contributed by atoms with E-state index in [-0.39, 0.29) is 146 Å². The Kier molecular flexibility index (Phi) is 93.1. The summed E-state index contributed by atoms with van der Waals surface area (Å²) < 4.78 is 0. The molecule has 0 aromatic carbocycles. The van der Waals surface area contributed by atoms with Crippen LogP contribution in [0, 0.1) is 0 Å². The van der Waals surface area contributed by atoms with Gasteiger partial charge in [0.25, 0.3) is 0 Å². The first kappa shape index (κ1) is 23.8. The summed E-state index contributed by atoms with van der Waals surface area (Å²) in [5, 5.41) is 0. The third-order valence-corrected chi connectivity index (χ3v) is 0. The Morgan fingerprint density at radius 2 is 0.750 bits per heavy atom. The first-order valence-corrected chi connectivity index (χ1v) is 0. The first-order valence-electron chi connectivity index (χ1n) is 0. The molecule has 0 atom stereocenters. The summed E-state index contributed by atoms with van der Waals surface area (Å²) in [4.78, 5) is 0. The number of rotatable bonds is 0. The van der Waals surface area contributed by atoms with Crippen LogP contribution in [-0.2, 0) is 0 Å². The van der Waals surface area contributed by atoms with Crippen LogP contribution in [0.5, 0.6) is 0 Å². The van der Waals surface area contributed by atoms with Crippen molar-refractivity contribution in [2.24, 2.45) is 0 Å². The van der Waals surface area contributed by atoms with E-state index in [4.69, 9.17) is 0 Å². The fourth-order valence-corrected chi connectivity index (χ4v) is 0. The van der Waals surface area contributed by atoms with Gasteiger partial charge in [0.1, 0.15) is 0 Å². The molecule has 0 aliphatic carbocycles. The van der Waals surface area contributed by atoms with Crippen molar-refractivity contribution >= 4 is 0 Å². The van der Waals surface area contributed by atoms with Crippen molar-refractivity contribution in [1.29, 1.82) is 0 Å². The molecule has 0 aromatic rings. The average Bonchev–Trinajstić information content (AvgIpc) is 0. The molecular weight excluding hydrogens is 286 g/mol. The molecule has 0 saturated carbocycles. The van der Waals surface area contributed by atoms with E-state index in [1.165, 1.54) is 0 Å². The quantitative estimate of drug-likeness (QED) is 0.415. The Labute approximate surface area is 141 Å². The maximum Gasteiger partial charge on any atom is 1.00 e. The molecule has 0 bridgehead atoms. The monoisotopic (exact) mass is 284 g/mol. The maximum absolute atomic E-state index is 0. The molecule has 0 fully saturated rings. The largest absolute Gasteiger partial charge is 1.00 e. The Hall–Kier alpha value is 4.38. The molecule has 0 amide bonds. The molecule has 4 heteroatoms. The van der Waals surface area contributed by atoms with Crippen molar-refractivity contribution in [3.8, 4) is 0 Å². The van der Waals surface area contributed by atoms with Crippen molar-refractivity contribution in [2.75, 3.05) is 0 Å². The van der Waals surface area contributed by atoms with Crippen molar-refractivity contribution in [3.05, 3.63) is 0 Å². The molecule has 4 heavy (non-hydrogen) atoms. The summed E-state index contributed by atoms with van der Waals surface area (Å²) in [5.74, 6) is 0. The number of hydrogen-bond donors (Lipinski definition) is 0. The van der Waals surface area contributed by atoms with Gasteiger partial charge in [-0.05, 0) is 0 Å². The summed E-state index contributed by atoms with van der Waals surface area (Å²) in [5.41, 5.74) is 0. The molecule has 0 saturated heterocycles. The maximum atomic E-state index is 0. The fraction of sp³-hybridized carbons (Fsp3) is 0. The van der Waals surface area contributed by atoms with Crippen LogP contribution < -0.4 is 146 Å². The van der Waals surface area contributed by atoms with Crippen LogP contribution in [0.1, 0.15) is 0 Å². The van der Waals surface area contributed by atoms with E-state index < -0.39 is 0 Å². The van der Waals surface area contributed by atoms with E-state index in [9.17, 15) is 0 Å². The molecule has 0 aromatic heterocycles. The van der Waals surface area contributed by atoms with Gasteiger partial charge < -0.3 is 29.4 Å². The molecule has 0 rings (SSSR count). The Bertz CT molecular complexity index is 6.00. The molecule has 0 radical (unpaired) electrons. The molecule has 0 spiro atoms. The Morgan fingerprint density at radius 3 is 0.750 bits per heavy atom. The van der Waals surface area contributed by atoms with Gasteiger partial charge in [0.15, 0.2) is 0 Å². The first-order chi connectivity index (χ1) is 0. The minimum atomic E-state index is 0. The van der Waals surface area contributed by atoms with E-state index in [1.54, 1.807) is 0 Å².